The van der Waals surface area contributed by atoms with Crippen LogP contribution in [0.15, 0.2) is 66.7 Å². The van der Waals surface area contributed by atoms with Gasteiger partial charge in [0.25, 0.3) is 0 Å². The second kappa shape index (κ2) is 4.13. The van der Waals surface area contributed by atoms with Crippen molar-refractivity contribution in [3.8, 4) is 11.3 Å². The molecule has 3 aromatic carbocycles. The lowest BCUT2D eigenvalue weighted by atomic mass is 9.88. The number of fused-ring (bicyclic) bond motifs is 9. The summed E-state index contributed by atoms with van der Waals surface area (Å²) in [5.41, 5.74) is 4.61. The van der Waals surface area contributed by atoms with Crippen molar-refractivity contribution < 1.29 is 9.47 Å². The van der Waals surface area contributed by atoms with Crippen molar-refractivity contribution in [3.05, 3.63) is 83.1 Å². The molecule has 1 aliphatic heterocycles. The molecule has 1 saturated heterocycles. The van der Waals surface area contributed by atoms with Gasteiger partial charge in [-0.15, -0.1) is 0 Å². The van der Waals surface area contributed by atoms with Gasteiger partial charge in [-0.3, -0.25) is 0 Å². The van der Waals surface area contributed by atoms with Gasteiger partial charge in [0.2, 0.25) is 11.2 Å². The Hall–Kier alpha value is -2.91. The van der Waals surface area contributed by atoms with Crippen LogP contribution in [0.25, 0.3) is 32.9 Å². The Kier molecular flexibility index (Phi) is 2.15. The van der Waals surface area contributed by atoms with Gasteiger partial charge >= 0.3 is 0 Å². The van der Waals surface area contributed by atoms with Crippen LogP contribution in [0, 0.1) is 5.21 Å². The molecule has 0 radical (unpaired) electrons. The molecule has 1 aliphatic carbocycles. The van der Waals surface area contributed by atoms with E-state index in [-0.39, 0.29) is 12.2 Å². The van der Waals surface area contributed by atoms with Crippen molar-refractivity contribution in [3.63, 3.8) is 0 Å². The third kappa shape index (κ3) is 1.43. The van der Waals surface area contributed by atoms with Crippen molar-refractivity contribution in [2.75, 3.05) is 0 Å². The number of benzene rings is 3. The fourth-order valence-corrected chi connectivity index (χ4v) is 4.11. The van der Waals surface area contributed by atoms with E-state index in [2.05, 4.69) is 18.2 Å². The van der Waals surface area contributed by atoms with Gasteiger partial charge in [-0.2, -0.15) is 4.73 Å². The Labute approximate surface area is 138 Å². The predicted molar refractivity (Wildman–Crippen MR) is 92.4 cm³/mol. The molecule has 0 bridgehead atoms. The van der Waals surface area contributed by atoms with E-state index < -0.39 is 0 Å². The lowest BCUT2D eigenvalue weighted by molar-refractivity contribution is -0.564. The lowest BCUT2D eigenvalue weighted by Crippen LogP contribution is -2.33. The Bertz CT molecular complexity index is 1170. The standard InChI is InChI=1S/C21H13NO2/c23-22-18-13(10-9-12-5-1-2-6-14(12)18)11-17-19(22)15-7-3-4-8-16(15)20-21(17)24-20/h1-11,20-21H. The van der Waals surface area contributed by atoms with Crippen LogP contribution in [0.4, 0.5) is 0 Å². The van der Waals surface area contributed by atoms with Crippen LogP contribution in [-0.2, 0) is 4.74 Å². The summed E-state index contributed by atoms with van der Waals surface area (Å²) in [5, 5.41) is 16.4. The van der Waals surface area contributed by atoms with Crippen LogP contribution in [0.2, 0.25) is 0 Å². The molecule has 6 rings (SSSR count). The Balaban J connectivity index is 1.82. The van der Waals surface area contributed by atoms with Crippen LogP contribution >= 0.6 is 0 Å². The Morgan fingerprint density at radius 1 is 0.792 bits per heavy atom. The summed E-state index contributed by atoms with van der Waals surface area (Å²) in [5.74, 6) is 0. The molecule has 0 N–H and O–H groups in total. The number of hydrogen-bond acceptors (Lipinski definition) is 2. The summed E-state index contributed by atoms with van der Waals surface area (Å²) in [6, 6.07) is 22.4. The van der Waals surface area contributed by atoms with E-state index in [1.165, 1.54) is 0 Å². The maximum atomic E-state index is 13.4. The molecule has 3 nitrogen and oxygen atoms in total. The summed E-state index contributed by atoms with van der Waals surface area (Å²) in [6.45, 7) is 0. The molecule has 114 valence electrons. The first-order chi connectivity index (χ1) is 11.8. The molecule has 2 heterocycles. The van der Waals surface area contributed by atoms with Crippen molar-refractivity contribution in [2.24, 2.45) is 0 Å². The van der Waals surface area contributed by atoms with E-state index in [0.717, 1.165) is 48.8 Å². The molecule has 2 atom stereocenters. The normalized spacial score (nSPS) is 20.5. The van der Waals surface area contributed by atoms with E-state index in [9.17, 15) is 5.21 Å². The molecular weight excluding hydrogens is 298 g/mol. The SMILES string of the molecule is [O-][n+]1c2c(cc3ccc4ccccc4c31)C1OC1c1ccccc1-2. The van der Waals surface area contributed by atoms with Crippen LogP contribution in [0.3, 0.4) is 0 Å². The minimum Gasteiger partial charge on any atom is -0.618 e. The fourth-order valence-electron chi connectivity index (χ4n) is 4.11. The Morgan fingerprint density at radius 2 is 1.54 bits per heavy atom. The third-order valence-electron chi connectivity index (χ3n) is 5.24. The quantitative estimate of drug-likeness (QED) is 0.209. The van der Waals surface area contributed by atoms with E-state index in [0.29, 0.717) is 0 Å². The van der Waals surface area contributed by atoms with Crippen LogP contribution in [0.5, 0.6) is 0 Å². The molecule has 4 aromatic rings. The highest BCUT2D eigenvalue weighted by atomic mass is 16.6. The lowest BCUT2D eigenvalue weighted by Gasteiger charge is -2.17. The zero-order chi connectivity index (χ0) is 15.8. The number of aromatic nitrogens is 1. The summed E-state index contributed by atoms with van der Waals surface area (Å²) in [7, 11) is 0. The number of nitrogens with zero attached hydrogens (tertiary/aromatic N) is 1. The maximum absolute atomic E-state index is 13.4. The maximum Gasteiger partial charge on any atom is 0.232 e. The highest BCUT2D eigenvalue weighted by molar-refractivity contribution is 6.04. The molecular formula is C21H13NO2. The molecule has 2 aliphatic rings. The molecule has 0 saturated carbocycles. The van der Waals surface area contributed by atoms with Gasteiger partial charge in [0, 0.05) is 5.39 Å². The first-order valence-corrected chi connectivity index (χ1v) is 8.15. The first kappa shape index (κ1) is 12.5. The van der Waals surface area contributed by atoms with Crippen molar-refractivity contribution in [1.29, 1.82) is 0 Å². The zero-order valence-corrected chi connectivity index (χ0v) is 12.8. The first-order valence-electron chi connectivity index (χ1n) is 8.15. The molecule has 1 aromatic heterocycles. The van der Waals surface area contributed by atoms with Gasteiger partial charge < -0.3 is 9.94 Å². The van der Waals surface area contributed by atoms with Gasteiger partial charge in [0.1, 0.15) is 12.2 Å². The number of ether oxygens (including phenoxy) is 1. The van der Waals surface area contributed by atoms with Gasteiger partial charge in [-0.25, -0.2) is 0 Å². The zero-order valence-electron chi connectivity index (χ0n) is 12.8. The summed E-state index contributed by atoms with van der Waals surface area (Å²) in [6.07, 6.45) is 0.123. The van der Waals surface area contributed by atoms with Crippen LogP contribution in [0.1, 0.15) is 23.3 Å². The van der Waals surface area contributed by atoms with Crippen LogP contribution < -0.4 is 4.73 Å². The van der Waals surface area contributed by atoms with E-state index in [1.807, 2.05) is 48.5 Å². The van der Waals surface area contributed by atoms with Gasteiger partial charge in [-0.1, -0.05) is 42.5 Å². The van der Waals surface area contributed by atoms with E-state index in [4.69, 9.17) is 4.74 Å². The molecule has 0 amide bonds. The summed E-state index contributed by atoms with van der Waals surface area (Å²) in [4.78, 5) is 0. The minimum absolute atomic E-state index is 0.0194. The second-order valence-corrected chi connectivity index (χ2v) is 6.53. The fraction of sp³-hybridized carbons (Fsp3) is 0.0952. The largest absolute Gasteiger partial charge is 0.618 e. The van der Waals surface area contributed by atoms with E-state index in [1.54, 1.807) is 0 Å². The van der Waals surface area contributed by atoms with Crippen molar-refractivity contribution in [2.45, 2.75) is 12.2 Å². The number of rotatable bonds is 0. The number of pyridine rings is 1. The second-order valence-electron chi connectivity index (χ2n) is 6.53. The third-order valence-corrected chi connectivity index (χ3v) is 5.24. The highest BCUT2D eigenvalue weighted by Crippen LogP contribution is 2.58. The number of hydrogen-bond donors (Lipinski definition) is 0. The highest BCUT2D eigenvalue weighted by Gasteiger charge is 2.50. The minimum atomic E-state index is 0.0194. The average molecular weight is 311 g/mol. The van der Waals surface area contributed by atoms with Gasteiger partial charge in [0.05, 0.1) is 16.5 Å². The van der Waals surface area contributed by atoms with Gasteiger partial charge in [0.15, 0.2) is 0 Å². The topological polar surface area (TPSA) is 39.5 Å². The molecule has 24 heavy (non-hydrogen) atoms. The summed E-state index contributed by atoms with van der Waals surface area (Å²) >= 11 is 0. The van der Waals surface area contributed by atoms with Crippen molar-refractivity contribution >= 4 is 21.7 Å². The molecule has 3 heteroatoms. The number of epoxide rings is 1. The van der Waals surface area contributed by atoms with Crippen molar-refractivity contribution in [1.82, 2.24) is 0 Å². The summed E-state index contributed by atoms with van der Waals surface area (Å²) < 4.78 is 6.98. The smallest absolute Gasteiger partial charge is 0.232 e. The monoisotopic (exact) mass is 311 g/mol. The Morgan fingerprint density at radius 3 is 2.50 bits per heavy atom. The molecule has 2 unspecified atom stereocenters. The van der Waals surface area contributed by atoms with Gasteiger partial charge in [-0.05, 0) is 35.2 Å². The molecule has 1 fully saturated rings. The van der Waals surface area contributed by atoms with Crippen LogP contribution in [-0.4, -0.2) is 0 Å². The average Bonchev–Trinajstić information content (AvgIpc) is 3.42. The van der Waals surface area contributed by atoms with E-state index >= 15 is 0 Å². The molecule has 0 spiro atoms. The predicted octanol–water partition coefficient (Wildman–Crippen LogP) is 4.42.